The Bertz CT molecular complexity index is 493. The van der Waals surface area contributed by atoms with E-state index in [2.05, 4.69) is 4.72 Å². The van der Waals surface area contributed by atoms with Crippen molar-refractivity contribution in [3.63, 3.8) is 0 Å². The van der Waals surface area contributed by atoms with Gasteiger partial charge in [0.2, 0.25) is 10.0 Å². The lowest BCUT2D eigenvalue weighted by atomic mass is 10.0. The summed E-state index contributed by atoms with van der Waals surface area (Å²) in [5.41, 5.74) is 0.989. The Morgan fingerprint density at radius 2 is 1.83 bits per heavy atom. The zero-order valence-corrected chi connectivity index (χ0v) is 11.7. The minimum Gasteiger partial charge on any atom is -0.302 e. The van der Waals surface area contributed by atoms with Gasteiger partial charge in [-0.3, -0.25) is 0 Å². The first kappa shape index (κ1) is 14.9. The average molecular weight is 269 g/mol. The van der Waals surface area contributed by atoms with Crippen molar-refractivity contribution >= 4 is 16.3 Å². The lowest BCUT2D eigenvalue weighted by Gasteiger charge is -2.18. The lowest BCUT2D eigenvalue weighted by Crippen LogP contribution is -2.40. The lowest BCUT2D eigenvalue weighted by molar-refractivity contribution is -0.110. The van der Waals surface area contributed by atoms with E-state index < -0.39 is 16.1 Å². The molecule has 0 spiro atoms. The third-order valence-corrected chi connectivity index (χ3v) is 4.50. The van der Waals surface area contributed by atoms with Gasteiger partial charge in [0.05, 0.1) is 10.9 Å². The second-order valence-electron chi connectivity index (χ2n) is 4.48. The first-order chi connectivity index (χ1) is 8.40. The van der Waals surface area contributed by atoms with Gasteiger partial charge in [0.15, 0.2) is 0 Å². The molecule has 0 heterocycles. The molecule has 0 aliphatic carbocycles. The van der Waals surface area contributed by atoms with Gasteiger partial charge in [-0.2, -0.15) is 0 Å². The van der Waals surface area contributed by atoms with E-state index in [4.69, 9.17) is 0 Å². The summed E-state index contributed by atoms with van der Waals surface area (Å²) in [6.45, 7) is 5.65. The Kier molecular flexibility index (Phi) is 5.04. The van der Waals surface area contributed by atoms with Crippen molar-refractivity contribution in [3.8, 4) is 0 Å². The molecule has 0 amide bonds. The molecule has 2 atom stereocenters. The molecule has 0 aliphatic rings. The van der Waals surface area contributed by atoms with Crippen molar-refractivity contribution in [2.24, 2.45) is 5.92 Å². The third kappa shape index (κ3) is 3.65. The van der Waals surface area contributed by atoms with Gasteiger partial charge < -0.3 is 4.79 Å². The number of benzene rings is 1. The first-order valence-electron chi connectivity index (χ1n) is 5.95. The number of hydrogen-bond acceptors (Lipinski definition) is 3. The molecule has 0 aliphatic heterocycles. The normalized spacial score (nSPS) is 15.1. The standard InChI is InChI=1S/C13H19NO3S/c1-4-11(3)13(9-15)14-18(16,17)12-7-5-10(2)6-8-12/h5-9,11,13-14H,4H2,1-3H3/t11-,13+/m0/s1. The number of carbonyl (C=O) groups is 1. The fourth-order valence-corrected chi connectivity index (χ4v) is 2.77. The molecule has 0 unspecified atom stereocenters. The van der Waals surface area contributed by atoms with Crippen molar-refractivity contribution in [3.05, 3.63) is 29.8 Å². The van der Waals surface area contributed by atoms with Crippen molar-refractivity contribution < 1.29 is 13.2 Å². The maximum Gasteiger partial charge on any atom is 0.241 e. The zero-order chi connectivity index (χ0) is 13.8. The van der Waals surface area contributed by atoms with Crippen LogP contribution in [0.25, 0.3) is 0 Å². The smallest absolute Gasteiger partial charge is 0.241 e. The molecular formula is C13H19NO3S. The van der Waals surface area contributed by atoms with E-state index in [1.807, 2.05) is 20.8 Å². The van der Waals surface area contributed by atoms with Gasteiger partial charge in [0, 0.05) is 0 Å². The first-order valence-corrected chi connectivity index (χ1v) is 7.43. The highest BCUT2D eigenvalue weighted by atomic mass is 32.2. The Morgan fingerprint density at radius 3 is 2.28 bits per heavy atom. The number of hydrogen-bond donors (Lipinski definition) is 1. The molecule has 1 aromatic carbocycles. The molecular weight excluding hydrogens is 250 g/mol. The molecule has 0 saturated heterocycles. The molecule has 4 nitrogen and oxygen atoms in total. The summed E-state index contributed by atoms with van der Waals surface area (Å²) in [6, 6.07) is 5.86. The molecule has 0 bridgehead atoms. The van der Waals surface area contributed by atoms with Crippen LogP contribution < -0.4 is 4.72 Å². The summed E-state index contributed by atoms with van der Waals surface area (Å²) in [5, 5.41) is 0. The molecule has 1 rings (SSSR count). The monoisotopic (exact) mass is 269 g/mol. The quantitative estimate of drug-likeness (QED) is 0.802. The molecule has 0 radical (unpaired) electrons. The maximum atomic E-state index is 12.1. The van der Waals surface area contributed by atoms with Gasteiger partial charge in [0.1, 0.15) is 6.29 Å². The van der Waals surface area contributed by atoms with Crippen molar-refractivity contribution in [2.45, 2.75) is 38.1 Å². The van der Waals surface area contributed by atoms with E-state index in [1.165, 1.54) is 12.1 Å². The van der Waals surface area contributed by atoms with Crippen molar-refractivity contribution in [2.75, 3.05) is 0 Å². The van der Waals surface area contributed by atoms with Crippen LogP contribution in [0.1, 0.15) is 25.8 Å². The zero-order valence-electron chi connectivity index (χ0n) is 10.9. The van der Waals surface area contributed by atoms with E-state index >= 15 is 0 Å². The van der Waals surface area contributed by atoms with Gasteiger partial charge in [-0.25, -0.2) is 13.1 Å². The van der Waals surface area contributed by atoms with Crippen LogP contribution in [0.3, 0.4) is 0 Å². The Morgan fingerprint density at radius 1 is 1.28 bits per heavy atom. The summed E-state index contributed by atoms with van der Waals surface area (Å²) in [6.07, 6.45) is 1.39. The van der Waals surface area contributed by atoms with Gasteiger partial charge in [-0.1, -0.05) is 38.0 Å². The summed E-state index contributed by atoms with van der Waals surface area (Å²) >= 11 is 0. The number of nitrogens with one attached hydrogen (secondary N) is 1. The molecule has 18 heavy (non-hydrogen) atoms. The van der Waals surface area contributed by atoms with Crippen LogP contribution in [0.2, 0.25) is 0 Å². The summed E-state index contributed by atoms with van der Waals surface area (Å²) < 4.78 is 26.6. The molecule has 5 heteroatoms. The molecule has 1 aromatic rings. The number of rotatable bonds is 6. The van der Waals surface area contributed by atoms with Crippen molar-refractivity contribution in [1.82, 2.24) is 4.72 Å². The highest BCUT2D eigenvalue weighted by Crippen LogP contribution is 2.13. The maximum absolute atomic E-state index is 12.1. The summed E-state index contributed by atoms with van der Waals surface area (Å²) in [5.74, 6) is -0.0253. The second kappa shape index (κ2) is 6.11. The van der Waals surface area contributed by atoms with Crippen LogP contribution in [0.4, 0.5) is 0 Å². The van der Waals surface area contributed by atoms with Gasteiger partial charge in [-0.15, -0.1) is 0 Å². The molecule has 100 valence electrons. The number of carbonyl (C=O) groups excluding carboxylic acids is 1. The van der Waals surface area contributed by atoms with Crippen molar-refractivity contribution in [1.29, 1.82) is 0 Å². The van der Waals surface area contributed by atoms with Crippen LogP contribution in [-0.2, 0) is 14.8 Å². The fraction of sp³-hybridized carbons (Fsp3) is 0.462. The topological polar surface area (TPSA) is 63.2 Å². The van der Waals surface area contributed by atoms with Gasteiger partial charge in [0.25, 0.3) is 0 Å². The summed E-state index contributed by atoms with van der Waals surface area (Å²) in [7, 11) is -3.62. The predicted octanol–water partition coefficient (Wildman–Crippen LogP) is 1.89. The van der Waals surface area contributed by atoms with E-state index in [-0.39, 0.29) is 10.8 Å². The van der Waals surface area contributed by atoms with Crippen LogP contribution in [-0.4, -0.2) is 20.7 Å². The minimum absolute atomic E-state index is 0.0253. The Balaban J connectivity index is 2.93. The second-order valence-corrected chi connectivity index (χ2v) is 6.20. The third-order valence-electron chi connectivity index (χ3n) is 3.03. The van der Waals surface area contributed by atoms with Crippen LogP contribution in [0.15, 0.2) is 29.2 Å². The fourth-order valence-electron chi connectivity index (χ4n) is 1.50. The number of sulfonamides is 1. The van der Waals surface area contributed by atoms with E-state index in [0.717, 1.165) is 12.0 Å². The molecule has 0 fully saturated rings. The van der Waals surface area contributed by atoms with Gasteiger partial charge >= 0.3 is 0 Å². The average Bonchev–Trinajstić information content (AvgIpc) is 2.35. The largest absolute Gasteiger partial charge is 0.302 e. The van der Waals surface area contributed by atoms with Gasteiger partial charge in [-0.05, 0) is 25.0 Å². The van der Waals surface area contributed by atoms with Crippen LogP contribution >= 0.6 is 0 Å². The highest BCUT2D eigenvalue weighted by Gasteiger charge is 2.23. The van der Waals surface area contributed by atoms with E-state index in [0.29, 0.717) is 6.29 Å². The number of aryl methyl sites for hydroxylation is 1. The van der Waals surface area contributed by atoms with Crippen LogP contribution in [0, 0.1) is 12.8 Å². The molecule has 0 saturated carbocycles. The minimum atomic E-state index is -3.62. The summed E-state index contributed by atoms with van der Waals surface area (Å²) in [4.78, 5) is 11.1. The molecule has 0 aromatic heterocycles. The Hall–Kier alpha value is -1.20. The SMILES string of the molecule is CC[C@H](C)[C@@H](C=O)NS(=O)(=O)c1ccc(C)cc1. The molecule has 1 N–H and O–H groups in total. The number of aldehydes is 1. The van der Waals surface area contributed by atoms with E-state index in [1.54, 1.807) is 12.1 Å². The highest BCUT2D eigenvalue weighted by molar-refractivity contribution is 7.89. The predicted molar refractivity (Wildman–Crippen MR) is 70.8 cm³/mol. The van der Waals surface area contributed by atoms with Crippen LogP contribution in [0.5, 0.6) is 0 Å². The Labute approximate surface area is 108 Å². The van der Waals surface area contributed by atoms with E-state index in [9.17, 15) is 13.2 Å².